The van der Waals surface area contributed by atoms with Crippen LogP contribution in [0.2, 0.25) is 5.02 Å². The lowest BCUT2D eigenvalue weighted by Crippen LogP contribution is -2.30. The van der Waals surface area contributed by atoms with Gasteiger partial charge in [-0.15, -0.1) is 6.58 Å². The van der Waals surface area contributed by atoms with Crippen LogP contribution < -0.4 is 5.32 Å². The first kappa shape index (κ1) is 18.1. The molecule has 1 aliphatic heterocycles. The Hall–Kier alpha value is -3.31. The van der Waals surface area contributed by atoms with Gasteiger partial charge >= 0.3 is 6.03 Å². The quantitative estimate of drug-likeness (QED) is 0.393. The Morgan fingerprint density at radius 3 is 2.57 bits per heavy atom. The van der Waals surface area contributed by atoms with Gasteiger partial charge in [-0.3, -0.25) is 9.69 Å². The predicted octanol–water partition coefficient (Wildman–Crippen LogP) is 4.57. The Morgan fingerprint density at radius 2 is 1.82 bits per heavy atom. The molecule has 0 saturated carbocycles. The largest absolute Gasteiger partial charge is 0.343 e. The summed E-state index contributed by atoms with van der Waals surface area (Å²) in [6.07, 6.45) is 5.50. The molecule has 1 fully saturated rings. The molecule has 2 heterocycles. The van der Waals surface area contributed by atoms with Gasteiger partial charge in [0.1, 0.15) is 5.70 Å². The van der Waals surface area contributed by atoms with Crippen LogP contribution in [0.4, 0.5) is 4.79 Å². The highest BCUT2D eigenvalue weighted by atomic mass is 35.5. The van der Waals surface area contributed by atoms with Crippen molar-refractivity contribution in [1.82, 2.24) is 14.8 Å². The van der Waals surface area contributed by atoms with E-state index in [1.54, 1.807) is 30.3 Å². The molecule has 2 aromatic carbocycles. The number of nitrogens with one attached hydrogen (secondary N) is 1. The van der Waals surface area contributed by atoms with E-state index >= 15 is 0 Å². The van der Waals surface area contributed by atoms with Crippen LogP contribution in [-0.2, 0) is 17.9 Å². The molecule has 3 aromatic rings. The number of halogens is 1. The van der Waals surface area contributed by atoms with Crippen molar-refractivity contribution >= 4 is 40.5 Å². The minimum absolute atomic E-state index is 0.192. The van der Waals surface area contributed by atoms with E-state index < -0.39 is 6.03 Å². The zero-order valence-corrected chi connectivity index (χ0v) is 15.8. The molecule has 0 unspecified atom stereocenters. The molecule has 6 heteroatoms. The predicted molar refractivity (Wildman–Crippen MR) is 111 cm³/mol. The normalized spacial score (nSPS) is 15.5. The lowest BCUT2D eigenvalue weighted by Gasteiger charge is -2.11. The molecule has 4 rings (SSSR count). The minimum atomic E-state index is -0.430. The van der Waals surface area contributed by atoms with Crippen LogP contribution in [0, 0.1) is 0 Å². The number of imide groups is 1. The first-order chi connectivity index (χ1) is 13.6. The Balaban J connectivity index is 1.65. The summed E-state index contributed by atoms with van der Waals surface area (Å²) in [6, 6.07) is 14.6. The monoisotopic (exact) mass is 391 g/mol. The summed E-state index contributed by atoms with van der Waals surface area (Å²) in [5, 5.41) is 4.30. The highest BCUT2D eigenvalue weighted by Gasteiger charge is 2.33. The summed E-state index contributed by atoms with van der Waals surface area (Å²) < 4.78 is 2.06. The molecular weight excluding hydrogens is 374 g/mol. The molecule has 0 atom stereocenters. The summed E-state index contributed by atoms with van der Waals surface area (Å²) in [4.78, 5) is 26.3. The van der Waals surface area contributed by atoms with E-state index in [4.69, 9.17) is 11.6 Å². The van der Waals surface area contributed by atoms with Gasteiger partial charge < -0.3 is 9.88 Å². The van der Waals surface area contributed by atoms with E-state index in [1.165, 1.54) is 4.90 Å². The second kappa shape index (κ2) is 7.37. The highest BCUT2D eigenvalue weighted by molar-refractivity contribution is 6.30. The molecule has 28 heavy (non-hydrogen) atoms. The summed E-state index contributed by atoms with van der Waals surface area (Å²) in [6.45, 7) is 4.64. The molecule has 1 N–H and O–H groups in total. The maximum atomic E-state index is 12.8. The van der Waals surface area contributed by atoms with Crippen LogP contribution in [0.5, 0.6) is 0 Å². The van der Waals surface area contributed by atoms with Gasteiger partial charge in [0, 0.05) is 34.2 Å². The number of hydrogen-bond donors (Lipinski definition) is 1. The van der Waals surface area contributed by atoms with Crippen LogP contribution >= 0.6 is 11.6 Å². The van der Waals surface area contributed by atoms with Crippen LogP contribution in [-0.4, -0.2) is 21.4 Å². The number of rotatable bonds is 5. The first-order valence-corrected chi connectivity index (χ1v) is 9.22. The number of carbonyl (C=O) groups excluding carboxylic acids is 2. The lowest BCUT2D eigenvalue weighted by molar-refractivity contribution is -0.123. The molecule has 1 aromatic heterocycles. The Morgan fingerprint density at radius 1 is 1.07 bits per heavy atom. The van der Waals surface area contributed by atoms with E-state index in [-0.39, 0.29) is 18.1 Å². The topological polar surface area (TPSA) is 54.3 Å². The van der Waals surface area contributed by atoms with Crippen molar-refractivity contribution in [3.05, 3.63) is 89.2 Å². The fourth-order valence-electron chi connectivity index (χ4n) is 3.32. The second-order valence-corrected chi connectivity index (χ2v) is 6.98. The van der Waals surface area contributed by atoms with Gasteiger partial charge in [-0.25, -0.2) is 4.79 Å². The summed E-state index contributed by atoms with van der Waals surface area (Å²) in [5.41, 5.74) is 3.01. The van der Waals surface area contributed by atoms with Gasteiger partial charge in [0.2, 0.25) is 0 Å². The highest BCUT2D eigenvalue weighted by Crippen LogP contribution is 2.25. The molecule has 0 radical (unpaired) electrons. The fourth-order valence-corrected chi connectivity index (χ4v) is 3.45. The maximum Gasteiger partial charge on any atom is 0.329 e. The van der Waals surface area contributed by atoms with Crippen LogP contribution in [0.1, 0.15) is 11.1 Å². The molecule has 0 spiro atoms. The summed E-state index contributed by atoms with van der Waals surface area (Å²) in [5.74, 6) is -0.347. The number of para-hydroxylation sites is 1. The number of nitrogens with zero attached hydrogens (tertiary/aromatic N) is 2. The summed E-state index contributed by atoms with van der Waals surface area (Å²) >= 11 is 5.89. The number of allylic oxidation sites excluding steroid dienone is 1. The van der Waals surface area contributed by atoms with Crippen LogP contribution in [0.25, 0.3) is 17.0 Å². The third-order valence-corrected chi connectivity index (χ3v) is 4.91. The lowest BCUT2D eigenvalue weighted by atomic mass is 10.1. The van der Waals surface area contributed by atoms with E-state index in [0.717, 1.165) is 22.0 Å². The van der Waals surface area contributed by atoms with Gasteiger partial charge in [-0.2, -0.15) is 0 Å². The number of fused-ring (bicyclic) bond motifs is 1. The summed E-state index contributed by atoms with van der Waals surface area (Å²) in [7, 11) is 0. The number of urea groups is 1. The maximum absolute atomic E-state index is 12.8. The zero-order valence-electron chi connectivity index (χ0n) is 15.1. The fraction of sp³-hybridized carbons (Fsp3) is 0.0909. The average Bonchev–Trinajstić information content (AvgIpc) is 3.17. The third kappa shape index (κ3) is 3.32. The standard InChI is InChI=1S/C22H18ClN3O2/c1-2-11-25-14-16(18-5-3-4-6-20(18)25)12-19-21(27)26(22(28)24-19)13-15-7-9-17(23)10-8-15/h2-10,12,14H,1,11,13H2,(H,24,28)/b19-12-. The molecule has 0 aliphatic carbocycles. The van der Waals surface area contributed by atoms with Gasteiger partial charge in [-0.05, 0) is 29.8 Å². The van der Waals surface area contributed by atoms with Crippen molar-refractivity contribution < 1.29 is 9.59 Å². The molecule has 140 valence electrons. The van der Waals surface area contributed by atoms with Crippen LogP contribution in [0.3, 0.4) is 0 Å². The van der Waals surface area contributed by atoms with Crippen molar-refractivity contribution in [3.63, 3.8) is 0 Å². The van der Waals surface area contributed by atoms with Crippen molar-refractivity contribution in [2.75, 3.05) is 0 Å². The Bertz CT molecular complexity index is 1110. The molecule has 1 aliphatic rings. The molecule has 1 saturated heterocycles. The van der Waals surface area contributed by atoms with Crippen molar-refractivity contribution in [3.8, 4) is 0 Å². The smallest absolute Gasteiger partial charge is 0.329 e. The van der Waals surface area contributed by atoms with Crippen LogP contribution in [0.15, 0.2) is 73.1 Å². The Labute approximate surface area is 167 Å². The first-order valence-electron chi connectivity index (χ1n) is 8.84. The van der Waals surface area contributed by atoms with Gasteiger partial charge in [0.05, 0.1) is 6.54 Å². The second-order valence-electron chi connectivity index (χ2n) is 6.55. The van der Waals surface area contributed by atoms with Crippen molar-refractivity contribution in [2.45, 2.75) is 13.1 Å². The van der Waals surface area contributed by atoms with E-state index in [9.17, 15) is 9.59 Å². The SMILES string of the molecule is C=CCn1cc(/C=C2\NC(=O)N(Cc3ccc(Cl)cc3)C2=O)c2ccccc21. The van der Waals surface area contributed by atoms with Gasteiger partial charge in [0.25, 0.3) is 5.91 Å². The van der Waals surface area contributed by atoms with E-state index in [0.29, 0.717) is 11.6 Å². The number of benzene rings is 2. The van der Waals surface area contributed by atoms with Crippen molar-refractivity contribution in [1.29, 1.82) is 0 Å². The number of aromatic nitrogens is 1. The number of amides is 3. The molecule has 0 bridgehead atoms. The third-order valence-electron chi connectivity index (χ3n) is 4.66. The van der Waals surface area contributed by atoms with E-state index in [2.05, 4.69) is 16.5 Å². The molecule has 5 nitrogen and oxygen atoms in total. The number of hydrogen-bond acceptors (Lipinski definition) is 2. The number of carbonyl (C=O) groups is 2. The molecule has 3 amide bonds. The van der Waals surface area contributed by atoms with Gasteiger partial charge in [-0.1, -0.05) is 48.0 Å². The average molecular weight is 392 g/mol. The van der Waals surface area contributed by atoms with Gasteiger partial charge in [0.15, 0.2) is 0 Å². The van der Waals surface area contributed by atoms with E-state index in [1.807, 2.05) is 36.5 Å². The Kier molecular flexibility index (Phi) is 4.75. The zero-order chi connectivity index (χ0) is 19.7. The van der Waals surface area contributed by atoms with Crippen molar-refractivity contribution in [2.24, 2.45) is 0 Å². The minimum Gasteiger partial charge on any atom is -0.343 e. The molecular formula is C22H18ClN3O2.